The van der Waals surface area contributed by atoms with Gasteiger partial charge in [0.15, 0.2) is 5.60 Å². The molecule has 3 atom stereocenters. The van der Waals surface area contributed by atoms with Crippen molar-refractivity contribution in [3.8, 4) is 0 Å². The van der Waals surface area contributed by atoms with Crippen molar-refractivity contribution in [3.63, 3.8) is 0 Å². The lowest BCUT2D eigenvalue weighted by Crippen LogP contribution is -2.49. The average Bonchev–Trinajstić information content (AvgIpc) is 3.55. The van der Waals surface area contributed by atoms with Crippen LogP contribution >= 0.6 is 0 Å². The molecule has 1 amide bonds. The summed E-state index contributed by atoms with van der Waals surface area (Å²) in [6, 6.07) is 25.3. The summed E-state index contributed by atoms with van der Waals surface area (Å²) in [7, 11) is 0. The molecule has 1 fully saturated rings. The maximum atomic E-state index is 13.9. The second-order valence-corrected chi connectivity index (χ2v) is 12.0. The minimum absolute atomic E-state index is 0.179. The number of likely N-dealkylation sites (tertiary alicyclic amines) is 1. The number of fused-ring (bicyclic) bond motifs is 1. The number of rotatable bonds is 4. The van der Waals surface area contributed by atoms with Gasteiger partial charge in [-0.2, -0.15) is 0 Å². The highest BCUT2D eigenvalue weighted by molar-refractivity contribution is 5.78. The van der Waals surface area contributed by atoms with Crippen molar-refractivity contribution in [2.45, 2.75) is 57.1 Å². The third kappa shape index (κ3) is 5.66. The monoisotopic (exact) mass is 557 g/mol. The largest absolute Gasteiger partial charge is 0.452 e. The highest BCUT2D eigenvalue weighted by Gasteiger charge is 2.56. The van der Waals surface area contributed by atoms with Gasteiger partial charge in [0, 0.05) is 6.54 Å². The number of carbonyl (C=O) groups excluding carboxylic acids is 1. The van der Waals surface area contributed by atoms with E-state index in [1.54, 1.807) is 4.90 Å². The van der Waals surface area contributed by atoms with E-state index >= 15 is 0 Å². The van der Waals surface area contributed by atoms with Crippen LogP contribution in [0.4, 0.5) is 9.18 Å². The molecule has 6 rings (SSSR count). The molecule has 2 unspecified atom stereocenters. The van der Waals surface area contributed by atoms with Crippen molar-refractivity contribution in [1.82, 2.24) is 9.80 Å². The Balaban J connectivity index is 1.28. The topological polar surface area (TPSA) is 63.6 Å². The van der Waals surface area contributed by atoms with Gasteiger partial charge < -0.3 is 24.0 Å². The summed E-state index contributed by atoms with van der Waals surface area (Å²) in [5.74, 6) is -0.274. The SMILES string of the molecule is CC(C)(C)OC(=O)N1CC(OCc2ccccc2)C2(CN=C(N3CCc4ccccc4[C@@H]3c3ccc(F)cc3)O2)C1. The van der Waals surface area contributed by atoms with Gasteiger partial charge in [-0.05, 0) is 61.6 Å². The first-order chi connectivity index (χ1) is 19.7. The van der Waals surface area contributed by atoms with Crippen molar-refractivity contribution in [3.05, 3.63) is 107 Å². The van der Waals surface area contributed by atoms with Crippen molar-refractivity contribution in [2.24, 2.45) is 4.99 Å². The number of ether oxygens (including phenoxy) is 3. The van der Waals surface area contributed by atoms with Gasteiger partial charge in [-0.1, -0.05) is 66.7 Å². The number of halogens is 1. The van der Waals surface area contributed by atoms with E-state index in [0.717, 1.165) is 23.1 Å². The van der Waals surface area contributed by atoms with E-state index in [1.807, 2.05) is 75.4 Å². The molecule has 1 saturated heterocycles. The van der Waals surface area contributed by atoms with E-state index in [4.69, 9.17) is 19.2 Å². The number of hydrogen-bond acceptors (Lipinski definition) is 6. The molecule has 0 N–H and O–H groups in total. The van der Waals surface area contributed by atoms with Gasteiger partial charge in [-0.15, -0.1) is 0 Å². The molecular formula is C33H36FN3O4. The summed E-state index contributed by atoms with van der Waals surface area (Å²) in [5, 5.41) is 0. The number of carbonyl (C=O) groups is 1. The minimum Gasteiger partial charge on any atom is -0.452 e. The lowest BCUT2D eigenvalue weighted by Gasteiger charge is -2.39. The van der Waals surface area contributed by atoms with Crippen LogP contribution in [-0.4, -0.2) is 65.4 Å². The van der Waals surface area contributed by atoms with Crippen LogP contribution in [0, 0.1) is 5.82 Å². The third-order valence-electron chi connectivity index (χ3n) is 7.87. The molecule has 0 aromatic heterocycles. The van der Waals surface area contributed by atoms with Crippen molar-refractivity contribution < 1.29 is 23.4 Å². The number of nitrogens with zero attached hydrogens (tertiary/aromatic N) is 3. The number of hydrogen-bond donors (Lipinski definition) is 0. The van der Waals surface area contributed by atoms with E-state index < -0.39 is 23.4 Å². The minimum atomic E-state index is -0.842. The van der Waals surface area contributed by atoms with Gasteiger partial charge >= 0.3 is 6.09 Å². The molecule has 0 bridgehead atoms. The van der Waals surface area contributed by atoms with Crippen LogP contribution in [0.5, 0.6) is 0 Å². The van der Waals surface area contributed by atoms with Gasteiger partial charge in [-0.25, -0.2) is 14.2 Å². The van der Waals surface area contributed by atoms with Crippen molar-refractivity contribution >= 4 is 12.1 Å². The molecule has 0 radical (unpaired) electrons. The molecule has 41 heavy (non-hydrogen) atoms. The molecule has 0 aliphatic carbocycles. The molecule has 3 aromatic carbocycles. The Morgan fingerprint density at radius 3 is 2.54 bits per heavy atom. The zero-order valence-corrected chi connectivity index (χ0v) is 23.8. The van der Waals surface area contributed by atoms with E-state index in [0.29, 0.717) is 38.8 Å². The summed E-state index contributed by atoms with van der Waals surface area (Å²) in [6.07, 6.45) is 0.0370. The fraction of sp³-hybridized carbons (Fsp3) is 0.394. The van der Waals surface area contributed by atoms with E-state index in [9.17, 15) is 9.18 Å². The first-order valence-electron chi connectivity index (χ1n) is 14.2. The lowest BCUT2D eigenvalue weighted by molar-refractivity contribution is -0.0668. The van der Waals surface area contributed by atoms with Gasteiger partial charge in [0.2, 0.25) is 0 Å². The smallest absolute Gasteiger partial charge is 0.410 e. The number of aliphatic imine (C=N–C) groups is 1. The summed E-state index contributed by atoms with van der Waals surface area (Å²) in [6.45, 7) is 7.67. The predicted molar refractivity (Wildman–Crippen MR) is 154 cm³/mol. The Bertz CT molecular complexity index is 1420. The summed E-state index contributed by atoms with van der Waals surface area (Å²) < 4.78 is 32.8. The number of amidine groups is 1. The lowest BCUT2D eigenvalue weighted by atomic mass is 9.88. The quantitative estimate of drug-likeness (QED) is 0.410. The summed E-state index contributed by atoms with van der Waals surface area (Å²) in [4.78, 5) is 21.9. The van der Waals surface area contributed by atoms with Crippen molar-refractivity contribution in [1.29, 1.82) is 0 Å². The number of benzene rings is 3. The van der Waals surface area contributed by atoms with E-state index in [-0.39, 0.29) is 11.9 Å². The molecule has 3 aliphatic rings. The highest BCUT2D eigenvalue weighted by atomic mass is 19.1. The Morgan fingerprint density at radius 1 is 1.05 bits per heavy atom. The Labute approximate surface area is 240 Å². The standard InChI is InChI=1S/C33H36FN3O4/c1-32(2,3)41-31(38)36-19-28(39-20-23-9-5-4-6-10-23)33(22-36)21-35-30(40-33)37-18-17-24-11-7-8-12-27(24)29(37)25-13-15-26(34)16-14-25/h4-16,28-29H,17-22H2,1-3H3/t28?,29-,33?/m0/s1. The van der Waals surface area contributed by atoms with E-state index in [1.165, 1.54) is 17.7 Å². The highest BCUT2D eigenvalue weighted by Crippen LogP contribution is 2.40. The first kappa shape index (κ1) is 27.3. The molecule has 3 aromatic rings. The maximum Gasteiger partial charge on any atom is 0.410 e. The summed E-state index contributed by atoms with van der Waals surface area (Å²) in [5.41, 5.74) is 2.95. The Morgan fingerprint density at radius 2 is 1.78 bits per heavy atom. The zero-order valence-electron chi connectivity index (χ0n) is 23.8. The second kappa shape index (κ2) is 10.8. The van der Waals surface area contributed by atoms with E-state index in [2.05, 4.69) is 17.0 Å². The summed E-state index contributed by atoms with van der Waals surface area (Å²) >= 11 is 0. The predicted octanol–water partition coefficient (Wildman–Crippen LogP) is 5.73. The van der Waals surface area contributed by atoms with Gasteiger partial charge in [0.25, 0.3) is 6.02 Å². The third-order valence-corrected chi connectivity index (χ3v) is 7.87. The van der Waals surface area contributed by atoms with Crippen LogP contribution in [0.25, 0.3) is 0 Å². The maximum absolute atomic E-state index is 13.9. The van der Waals surface area contributed by atoms with Crippen LogP contribution in [0.1, 0.15) is 49.1 Å². The molecule has 3 aliphatic heterocycles. The zero-order chi connectivity index (χ0) is 28.6. The fourth-order valence-electron chi connectivity index (χ4n) is 5.92. The first-order valence-corrected chi connectivity index (χ1v) is 14.2. The molecule has 3 heterocycles. The fourth-order valence-corrected chi connectivity index (χ4v) is 5.92. The van der Waals surface area contributed by atoms with Crippen LogP contribution in [0.15, 0.2) is 83.9 Å². The molecule has 0 saturated carbocycles. The van der Waals surface area contributed by atoms with Gasteiger partial charge in [0.1, 0.15) is 17.5 Å². The van der Waals surface area contributed by atoms with Gasteiger partial charge in [0.05, 0.1) is 32.3 Å². The average molecular weight is 558 g/mol. The van der Waals surface area contributed by atoms with Crippen LogP contribution in [0.2, 0.25) is 0 Å². The normalized spacial score (nSPS) is 23.8. The van der Waals surface area contributed by atoms with Crippen LogP contribution in [-0.2, 0) is 27.2 Å². The molecule has 214 valence electrons. The Kier molecular flexibility index (Phi) is 7.20. The molecule has 8 heteroatoms. The van der Waals surface area contributed by atoms with Crippen LogP contribution < -0.4 is 0 Å². The molecular weight excluding hydrogens is 521 g/mol. The van der Waals surface area contributed by atoms with Crippen LogP contribution in [0.3, 0.4) is 0 Å². The molecule has 7 nitrogen and oxygen atoms in total. The second-order valence-electron chi connectivity index (χ2n) is 12.0. The number of amides is 1. The molecule has 1 spiro atoms. The van der Waals surface area contributed by atoms with Crippen molar-refractivity contribution in [2.75, 3.05) is 26.2 Å². The van der Waals surface area contributed by atoms with Gasteiger partial charge in [-0.3, -0.25) is 0 Å². The Hall–Kier alpha value is -3.91.